The molecule has 0 aliphatic carbocycles. The van der Waals surface area contributed by atoms with Crippen LogP contribution in [0.1, 0.15) is 42.6 Å². The van der Waals surface area contributed by atoms with E-state index in [2.05, 4.69) is 15.2 Å². The molecule has 2 rings (SSSR count). The summed E-state index contributed by atoms with van der Waals surface area (Å²) < 4.78 is 5.62. The fourth-order valence-electron chi connectivity index (χ4n) is 1.71. The maximum Gasteiger partial charge on any atom is 0.375 e. The van der Waals surface area contributed by atoms with Gasteiger partial charge in [0.15, 0.2) is 5.82 Å². The smallest absolute Gasteiger partial charge is 0.375 e. The van der Waals surface area contributed by atoms with Gasteiger partial charge < -0.3 is 9.84 Å². The summed E-state index contributed by atoms with van der Waals surface area (Å²) in [6.07, 6.45) is 2.93. The molecule has 6 nitrogen and oxygen atoms in total. The molecule has 0 bridgehead atoms. The maximum atomic E-state index is 10.6. The SMILES string of the molecule is CC1(c2nc(C(=O)O)n[nH]2)CCCCO1. The van der Waals surface area contributed by atoms with Crippen molar-refractivity contribution in [3.63, 3.8) is 0 Å². The van der Waals surface area contributed by atoms with E-state index in [1.165, 1.54) is 0 Å². The zero-order chi connectivity index (χ0) is 10.9. The van der Waals surface area contributed by atoms with E-state index >= 15 is 0 Å². The molecule has 1 aliphatic heterocycles. The standard InChI is InChI=1S/C9H13N3O3/c1-9(4-2-3-5-15-9)8-10-6(7(13)14)11-12-8/h2-5H2,1H3,(H,13,14)(H,10,11,12). The van der Waals surface area contributed by atoms with Gasteiger partial charge in [-0.25, -0.2) is 9.78 Å². The average Bonchev–Trinajstić information content (AvgIpc) is 2.68. The first-order chi connectivity index (χ1) is 7.12. The molecule has 2 N–H and O–H groups in total. The Kier molecular flexibility index (Phi) is 2.44. The summed E-state index contributed by atoms with van der Waals surface area (Å²) in [7, 11) is 0. The number of nitrogens with zero attached hydrogens (tertiary/aromatic N) is 2. The van der Waals surface area contributed by atoms with E-state index < -0.39 is 11.6 Å². The van der Waals surface area contributed by atoms with Crippen molar-refractivity contribution in [2.24, 2.45) is 0 Å². The molecule has 1 aromatic rings. The van der Waals surface area contributed by atoms with Gasteiger partial charge in [0.05, 0.1) is 0 Å². The first-order valence-electron chi connectivity index (χ1n) is 4.92. The van der Waals surface area contributed by atoms with Gasteiger partial charge in [-0.2, -0.15) is 0 Å². The van der Waals surface area contributed by atoms with Gasteiger partial charge in [0.25, 0.3) is 5.82 Å². The zero-order valence-electron chi connectivity index (χ0n) is 8.49. The predicted molar refractivity (Wildman–Crippen MR) is 50.5 cm³/mol. The Hall–Kier alpha value is -1.43. The minimum absolute atomic E-state index is 0.208. The second-order valence-electron chi connectivity index (χ2n) is 3.85. The van der Waals surface area contributed by atoms with Crippen LogP contribution in [0.4, 0.5) is 0 Å². The molecule has 0 saturated carbocycles. The van der Waals surface area contributed by atoms with Crippen LogP contribution < -0.4 is 0 Å². The third-order valence-corrected chi connectivity index (χ3v) is 2.65. The lowest BCUT2D eigenvalue weighted by Gasteiger charge is -2.31. The Morgan fingerprint density at radius 3 is 2.93 bits per heavy atom. The van der Waals surface area contributed by atoms with Crippen LogP contribution in [0.2, 0.25) is 0 Å². The van der Waals surface area contributed by atoms with E-state index in [1.54, 1.807) is 0 Å². The van der Waals surface area contributed by atoms with Crippen molar-refractivity contribution in [2.45, 2.75) is 31.8 Å². The lowest BCUT2D eigenvalue weighted by molar-refractivity contribution is -0.0758. The number of carboxylic acids is 1. The Bertz CT molecular complexity index is 368. The summed E-state index contributed by atoms with van der Waals surface area (Å²) >= 11 is 0. The number of nitrogens with one attached hydrogen (secondary N) is 1. The summed E-state index contributed by atoms with van der Waals surface area (Å²) in [5.74, 6) is -0.836. The average molecular weight is 211 g/mol. The number of ether oxygens (including phenoxy) is 1. The molecular weight excluding hydrogens is 198 g/mol. The van der Waals surface area contributed by atoms with E-state index in [0.717, 1.165) is 19.3 Å². The fourth-order valence-corrected chi connectivity index (χ4v) is 1.71. The highest BCUT2D eigenvalue weighted by atomic mass is 16.5. The highest BCUT2D eigenvalue weighted by Gasteiger charge is 2.34. The fraction of sp³-hybridized carbons (Fsp3) is 0.667. The first kappa shape index (κ1) is 10.1. The molecule has 0 amide bonds. The van der Waals surface area contributed by atoms with Crippen molar-refractivity contribution < 1.29 is 14.6 Å². The molecule has 1 aliphatic rings. The van der Waals surface area contributed by atoms with Crippen molar-refractivity contribution in [3.8, 4) is 0 Å². The van der Waals surface area contributed by atoms with Crippen LogP contribution in [0.5, 0.6) is 0 Å². The van der Waals surface area contributed by atoms with E-state index in [-0.39, 0.29) is 5.82 Å². The van der Waals surface area contributed by atoms with Gasteiger partial charge in [0.2, 0.25) is 0 Å². The molecule has 1 unspecified atom stereocenters. The van der Waals surface area contributed by atoms with Crippen molar-refractivity contribution in [2.75, 3.05) is 6.61 Å². The van der Waals surface area contributed by atoms with E-state index in [0.29, 0.717) is 12.4 Å². The van der Waals surface area contributed by atoms with Gasteiger partial charge in [-0.15, -0.1) is 5.10 Å². The number of carboxylic acid groups (broad SMARTS) is 1. The Balaban J connectivity index is 2.23. The van der Waals surface area contributed by atoms with Crippen LogP contribution in [0.25, 0.3) is 0 Å². The number of carbonyl (C=O) groups is 1. The highest BCUT2D eigenvalue weighted by Crippen LogP contribution is 2.32. The van der Waals surface area contributed by atoms with E-state index in [1.807, 2.05) is 6.92 Å². The largest absolute Gasteiger partial charge is 0.475 e. The van der Waals surface area contributed by atoms with Crippen LogP contribution >= 0.6 is 0 Å². The number of hydrogen-bond donors (Lipinski definition) is 2. The molecule has 2 heterocycles. The number of aromatic amines is 1. The van der Waals surface area contributed by atoms with Crippen LogP contribution in [0, 0.1) is 0 Å². The summed E-state index contributed by atoms with van der Waals surface area (Å²) in [6, 6.07) is 0. The monoisotopic (exact) mass is 211 g/mol. The van der Waals surface area contributed by atoms with E-state index in [4.69, 9.17) is 9.84 Å². The lowest BCUT2D eigenvalue weighted by Crippen LogP contribution is -2.31. The van der Waals surface area contributed by atoms with Gasteiger partial charge in [0, 0.05) is 6.61 Å². The number of aromatic carboxylic acids is 1. The molecule has 0 spiro atoms. The van der Waals surface area contributed by atoms with Crippen LogP contribution in [-0.2, 0) is 10.3 Å². The Labute approximate surface area is 86.7 Å². The maximum absolute atomic E-state index is 10.6. The number of hydrogen-bond acceptors (Lipinski definition) is 4. The highest BCUT2D eigenvalue weighted by molar-refractivity contribution is 5.82. The van der Waals surface area contributed by atoms with Crippen LogP contribution in [-0.4, -0.2) is 32.9 Å². The molecule has 1 aromatic heterocycles. The predicted octanol–water partition coefficient (Wildman–Crippen LogP) is 0.919. The normalized spacial score (nSPS) is 26.5. The first-order valence-corrected chi connectivity index (χ1v) is 4.92. The molecule has 1 saturated heterocycles. The molecule has 6 heteroatoms. The minimum atomic E-state index is -1.13. The van der Waals surface area contributed by atoms with E-state index in [9.17, 15) is 4.79 Å². The zero-order valence-corrected chi connectivity index (χ0v) is 8.49. The van der Waals surface area contributed by atoms with Crippen molar-refractivity contribution in [1.29, 1.82) is 0 Å². The van der Waals surface area contributed by atoms with Gasteiger partial charge >= 0.3 is 5.97 Å². The molecular formula is C9H13N3O3. The van der Waals surface area contributed by atoms with Gasteiger partial charge in [-0.1, -0.05) is 0 Å². The molecule has 0 aromatic carbocycles. The Morgan fingerprint density at radius 1 is 1.60 bits per heavy atom. The summed E-state index contributed by atoms with van der Waals surface area (Å²) in [5, 5.41) is 14.9. The molecule has 82 valence electrons. The quantitative estimate of drug-likeness (QED) is 0.759. The van der Waals surface area contributed by atoms with Crippen LogP contribution in [0.15, 0.2) is 0 Å². The third-order valence-electron chi connectivity index (χ3n) is 2.65. The van der Waals surface area contributed by atoms with Crippen molar-refractivity contribution >= 4 is 5.97 Å². The number of H-pyrrole nitrogens is 1. The van der Waals surface area contributed by atoms with Crippen molar-refractivity contribution in [3.05, 3.63) is 11.6 Å². The number of aromatic nitrogens is 3. The minimum Gasteiger partial charge on any atom is -0.475 e. The summed E-state index contributed by atoms with van der Waals surface area (Å²) in [5.41, 5.74) is -0.515. The molecule has 1 fully saturated rings. The lowest BCUT2D eigenvalue weighted by atomic mass is 9.95. The molecule has 1 atom stereocenters. The molecule has 0 radical (unpaired) electrons. The topological polar surface area (TPSA) is 88.1 Å². The van der Waals surface area contributed by atoms with Crippen molar-refractivity contribution in [1.82, 2.24) is 15.2 Å². The van der Waals surface area contributed by atoms with Gasteiger partial charge in [0.1, 0.15) is 5.60 Å². The second kappa shape index (κ2) is 3.62. The summed E-state index contributed by atoms with van der Waals surface area (Å²) in [4.78, 5) is 14.5. The third kappa shape index (κ3) is 1.85. The Morgan fingerprint density at radius 2 is 2.40 bits per heavy atom. The second-order valence-corrected chi connectivity index (χ2v) is 3.85. The summed E-state index contributed by atoms with van der Waals surface area (Å²) in [6.45, 7) is 2.58. The van der Waals surface area contributed by atoms with Gasteiger partial charge in [-0.3, -0.25) is 5.10 Å². The van der Waals surface area contributed by atoms with Crippen LogP contribution in [0.3, 0.4) is 0 Å². The number of rotatable bonds is 2. The molecule has 15 heavy (non-hydrogen) atoms. The van der Waals surface area contributed by atoms with Gasteiger partial charge in [-0.05, 0) is 26.2 Å².